The van der Waals surface area contributed by atoms with Crippen LogP contribution in [0, 0.1) is 5.92 Å². The molecule has 14 heavy (non-hydrogen) atoms. The van der Waals surface area contributed by atoms with E-state index in [0.717, 1.165) is 19.6 Å². The summed E-state index contributed by atoms with van der Waals surface area (Å²) in [5, 5.41) is 3.37. The maximum absolute atomic E-state index is 11.5. The van der Waals surface area contributed by atoms with Crippen LogP contribution in [-0.4, -0.2) is 49.5 Å². The predicted octanol–water partition coefficient (Wildman–Crippen LogP) is 0.807. The Morgan fingerprint density at radius 2 is 2.43 bits per heavy atom. The molecule has 0 aromatic rings. The molecule has 1 fully saturated rings. The molecule has 0 aromatic carbocycles. The van der Waals surface area contributed by atoms with Gasteiger partial charge in [0.15, 0.2) is 0 Å². The summed E-state index contributed by atoms with van der Waals surface area (Å²) in [4.78, 5) is 13.4. The zero-order chi connectivity index (χ0) is 10.4. The maximum atomic E-state index is 11.5. The summed E-state index contributed by atoms with van der Waals surface area (Å²) in [7, 11) is 1.91. The molecule has 0 aromatic heterocycles. The molecule has 0 bridgehead atoms. The van der Waals surface area contributed by atoms with Gasteiger partial charge in [-0.2, -0.15) is 11.8 Å². The molecule has 1 atom stereocenters. The molecule has 0 radical (unpaired) electrons. The van der Waals surface area contributed by atoms with E-state index < -0.39 is 0 Å². The molecule has 1 unspecified atom stereocenters. The first-order valence-electron chi connectivity index (χ1n) is 5.17. The van der Waals surface area contributed by atoms with Crippen molar-refractivity contribution in [3.8, 4) is 0 Å². The highest BCUT2D eigenvalue weighted by Gasteiger charge is 2.17. The van der Waals surface area contributed by atoms with Crippen molar-refractivity contribution in [1.29, 1.82) is 0 Å². The van der Waals surface area contributed by atoms with Gasteiger partial charge in [-0.25, -0.2) is 0 Å². The number of carbonyl (C=O) groups excluding carboxylic acids is 1. The molecule has 1 amide bonds. The van der Waals surface area contributed by atoms with Crippen molar-refractivity contribution in [3.05, 3.63) is 0 Å². The van der Waals surface area contributed by atoms with Gasteiger partial charge >= 0.3 is 0 Å². The van der Waals surface area contributed by atoms with Crippen LogP contribution in [0.1, 0.15) is 12.8 Å². The molecule has 0 saturated carbocycles. The summed E-state index contributed by atoms with van der Waals surface area (Å²) in [6.07, 6.45) is 4.47. The number of hydrogen-bond donors (Lipinski definition) is 1. The highest BCUT2D eigenvalue weighted by molar-refractivity contribution is 7.99. The number of hydrogen-bond acceptors (Lipinski definition) is 3. The van der Waals surface area contributed by atoms with Crippen LogP contribution in [0.3, 0.4) is 0 Å². The monoisotopic (exact) mass is 216 g/mol. The van der Waals surface area contributed by atoms with Crippen molar-refractivity contribution >= 4 is 17.7 Å². The van der Waals surface area contributed by atoms with Gasteiger partial charge in [-0.1, -0.05) is 0 Å². The van der Waals surface area contributed by atoms with E-state index in [9.17, 15) is 4.79 Å². The fraction of sp³-hybridized carbons (Fsp3) is 0.900. The number of carbonyl (C=O) groups is 1. The van der Waals surface area contributed by atoms with Crippen molar-refractivity contribution < 1.29 is 4.79 Å². The van der Waals surface area contributed by atoms with Crippen LogP contribution in [0.2, 0.25) is 0 Å². The third-order valence-corrected chi connectivity index (χ3v) is 3.16. The highest BCUT2D eigenvalue weighted by Crippen LogP contribution is 2.11. The number of nitrogens with one attached hydrogen (secondary N) is 1. The maximum Gasteiger partial charge on any atom is 0.232 e. The highest BCUT2D eigenvalue weighted by atomic mass is 32.2. The largest absolute Gasteiger partial charge is 0.345 e. The Morgan fingerprint density at radius 1 is 1.64 bits per heavy atom. The summed E-state index contributed by atoms with van der Waals surface area (Å²) in [6.45, 7) is 3.11. The van der Waals surface area contributed by atoms with E-state index in [-0.39, 0.29) is 5.91 Å². The molecule has 0 aliphatic carbocycles. The lowest BCUT2D eigenvalue weighted by Gasteiger charge is -2.27. The van der Waals surface area contributed by atoms with Crippen molar-refractivity contribution in [2.24, 2.45) is 5.92 Å². The van der Waals surface area contributed by atoms with Crippen LogP contribution >= 0.6 is 11.8 Å². The van der Waals surface area contributed by atoms with Gasteiger partial charge in [-0.3, -0.25) is 4.79 Å². The second-order valence-electron chi connectivity index (χ2n) is 3.92. The lowest BCUT2D eigenvalue weighted by atomic mass is 9.99. The van der Waals surface area contributed by atoms with Crippen LogP contribution in [0.25, 0.3) is 0 Å². The molecular formula is C10H20N2OS. The minimum atomic E-state index is 0.253. The SMILES string of the molecule is CSCC(=O)N(C)CC1CCCNC1. The summed E-state index contributed by atoms with van der Waals surface area (Å²) in [5.74, 6) is 1.51. The molecule has 1 aliphatic rings. The third-order valence-electron chi connectivity index (χ3n) is 2.62. The topological polar surface area (TPSA) is 32.3 Å². The quantitative estimate of drug-likeness (QED) is 0.755. The van der Waals surface area contributed by atoms with Gasteiger partial charge in [0.1, 0.15) is 0 Å². The summed E-state index contributed by atoms with van der Waals surface area (Å²) >= 11 is 1.59. The minimum absolute atomic E-state index is 0.253. The van der Waals surface area contributed by atoms with Crippen LogP contribution in [0.5, 0.6) is 0 Å². The van der Waals surface area contributed by atoms with E-state index in [2.05, 4.69) is 5.32 Å². The number of nitrogens with zero attached hydrogens (tertiary/aromatic N) is 1. The second-order valence-corrected chi connectivity index (χ2v) is 4.79. The standard InChI is InChI=1S/C10H20N2OS/c1-12(10(13)8-14-2)7-9-4-3-5-11-6-9/h9,11H,3-8H2,1-2H3. The van der Waals surface area contributed by atoms with E-state index in [1.165, 1.54) is 12.8 Å². The Kier molecular flexibility index (Phi) is 5.33. The Balaban J connectivity index is 2.24. The molecule has 82 valence electrons. The first-order valence-corrected chi connectivity index (χ1v) is 6.57. The van der Waals surface area contributed by atoms with Gasteiger partial charge in [-0.15, -0.1) is 0 Å². The van der Waals surface area contributed by atoms with Gasteiger partial charge in [0, 0.05) is 13.6 Å². The van der Waals surface area contributed by atoms with Gasteiger partial charge in [0.05, 0.1) is 5.75 Å². The fourth-order valence-corrected chi connectivity index (χ4v) is 2.27. The van der Waals surface area contributed by atoms with Gasteiger partial charge in [0.2, 0.25) is 5.91 Å². The summed E-state index contributed by atoms with van der Waals surface area (Å²) in [5.41, 5.74) is 0. The Labute approximate surface area is 90.6 Å². The molecule has 1 heterocycles. The number of piperidine rings is 1. The zero-order valence-electron chi connectivity index (χ0n) is 9.08. The second kappa shape index (κ2) is 6.30. The average Bonchev–Trinajstić information content (AvgIpc) is 2.19. The Bertz CT molecular complexity index is 181. The molecule has 1 aliphatic heterocycles. The summed E-state index contributed by atoms with van der Waals surface area (Å²) < 4.78 is 0. The lowest BCUT2D eigenvalue weighted by molar-refractivity contribution is -0.127. The molecule has 0 spiro atoms. The van der Waals surface area contributed by atoms with Gasteiger partial charge < -0.3 is 10.2 Å². The van der Waals surface area contributed by atoms with Gasteiger partial charge in [0.25, 0.3) is 0 Å². The first-order chi connectivity index (χ1) is 6.74. The first kappa shape index (κ1) is 11.9. The number of amides is 1. The van der Waals surface area contributed by atoms with E-state index in [1.807, 2.05) is 18.2 Å². The molecule has 4 heteroatoms. The minimum Gasteiger partial charge on any atom is -0.345 e. The zero-order valence-corrected chi connectivity index (χ0v) is 9.90. The molecule has 1 N–H and O–H groups in total. The van der Waals surface area contributed by atoms with Crippen molar-refractivity contribution in [3.63, 3.8) is 0 Å². The molecule has 1 rings (SSSR count). The van der Waals surface area contributed by atoms with Crippen molar-refractivity contribution in [1.82, 2.24) is 10.2 Å². The van der Waals surface area contributed by atoms with Gasteiger partial charge in [-0.05, 0) is 38.1 Å². The Morgan fingerprint density at radius 3 is 3.00 bits per heavy atom. The van der Waals surface area contributed by atoms with Crippen LogP contribution < -0.4 is 5.32 Å². The third kappa shape index (κ3) is 3.88. The average molecular weight is 216 g/mol. The van der Waals surface area contributed by atoms with E-state index in [0.29, 0.717) is 11.7 Å². The fourth-order valence-electron chi connectivity index (χ4n) is 1.80. The smallest absolute Gasteiger partial charge is 0.232 e. The lowest BCUT2D eigenvalue weighted by Crippen LogP contribution is -2.39. The van der Waals surface area contributed by atoms with Crippen molar-refractivity contribution in [2.75, 3.05) is 38.7 Å². The van der Waals surface area contributed by atoms with Crippen molar-refractivity contribution in [2.45, 2.75) is 12.8 Å². The van der Waals surface area contributed by atoms with Crippen LogP contribution in [0.4, 0.5) is 0 Å². The Hall–Kier alpha value is -0.220. The van der Waals surface area contributed by atoms with Crippen LogP contribution in [-0.2, 0) is 4.79 Å². The van der Waals surface area contributed by atoms with E-state index in [4.69, 9.17) is 0 Å². The number of rotatable bonds is 4. The predicted molar refractivity (Wildman–Crippen MR) is 61.6 cm³/mol. The normalized spacial score (nSPS) is 22.0. The number of thioether (sulfide) groups is 1. The van der Waals surface area contributed by atoms with E-state index in [1.54, 1.807) is 11.8 Å². The molecule has 1 saturated heterocycles. The van der Waals surface area contributed by atoms with E-state index >= 15 is 0 Å². The van der Waals surface area contributed by atoms with Crippen LogP contribution in [0.15, 0.2) is 0 Å². The molecule has 3 nitrogen and oxygen atoms in total. The summed E-state index contributed by atoms with van der Waals surface area (Å²) in [6, 6.07) is 0. The molecular weight excluding hydrogens is 196 g/mol.